The number of piperidine rings is 2. The predicted octanol–water partition coefficient (Wildman–Crippen LogP) is 3.54. The molecule has 3 heterocycles. The van der Waals surface area contributed by atoms with E-state index in [0.717, 1.165) is 25.9 Å². The van der Waals surface area contributed by atoms with Crippen molar-refractivity contribution in [2.24, 2.45) is 0 Å². The van der Waals surface area contributed by atoms with Crippen molar-refractivity contribution in [2.75, 3.05) is 0 Å². The lowest BCUT2D eigenvalue weighted by molar-refractivity contribution is -0.0310. The summed E-state index contributed by atoms with van der Waals surface area (Å²) in [6.07, 6.45) is 7.87. The summed E-state index contributed by atoms with van der Waals surface area (Å²) in [5, 5.41) is 11.5. The third-order valence-electron chi connectivity index (χ3n) is 5.70. The van der Waals surface area contributed by atoms with Gasteiger partial charge in [-0.2, -0.15) is 0 Å². The largest absolute Gasteiger partial charge is 0.393 e. The number of hydrogen-bond acceptors (Lipinski definition) is 2. The van der Waals surface area contributed by atoms with Crippen LogP contribution in [0.15, 0.2) is 30.5 Å². The summed E-state index contributed by atoms with van der Waals surface area (Å²) < 4.78 is 2.32. The standard InChI is InChI=1S/C19H26N2O/c1-2-20-10-9-18-14(5-3-8-19(18)20)13-21-15-6-4-7-16(21)12-17(22)11-15/h3,5,8-10,15-17,22H,2,4,6-7,11-13H2,1H3/t15-,16+,17?. The van der Waals surface area contributed by atoms with E-state index in [-0.39, 0.29) is 6.10 Å². The summed E-state index contributed by atoms with van der Waals surface area (Å²) in [5.74, 6) is 0. The molecule has 2 aliphatic rings. The maximum absolute atomic E-state index is 10.1. The van der Waals surface area contributed by atoms with E-state index in [9.17, 15) is 5.11 Å². The average Bonchev–Trinajstić information content (AvgIpc) is 2.92. The van der Waals surface area contributed by atoms with Crippen molar-refractivity contribution in [1.82, 2.24) is 9.47 Å². The highest BCUT2D eigenvalue weighted by Crippen LogP contribution is 2.36. The molecule has 3 heteroatoms. The first-order valence-electron chi connectivity index (χ1n) is 8.77. The van der Waals surface area contributed by atoms with Gasteiger partial charge < -0.3 is 9.67 Å². The van der Waals surface area contributed by atoms with Gasteiger partial charge in [0.25, 0.3) is 0 Å². The van der Waals surface area contributed by atoms with Crippen LogP contribution in [0.25, 0.3) is 10.9 Å². The maximum Gasteiger partial charge on any atom is 0.0570 e. The second kappa shape index (κ2) is 5.71. The van der Waals surface area contributed by atoms with Crippen LogP contribution in [0.4, 0.5) is 0 Å². The minimum Gasteiger partial charge on any atom is -0.393 e. The van der Waals surface area contributed by atoms with Gasteiger partial charge >= 0.3 is 0 Å². The first kappa shape index (κ1) is 14.3. The van der Waals surface area contributed by atoms with Crippen molar-refractivity contribution >= 4 is 10.9 Å². The van der Waals surface area contributed by atoms with E-state index in [1.165, 1.54) is 35.7 Å². The number of aromatic nitrogens is 1. The number of aliphatic hydroxyl groups is 1. The van der Waals surface area contributed by atoms with Crippen molar-refractivity contribution in [3.63, 3.8) is 0 Å². The number of fused-ring (bicyclic) bond motifs is 3. The minimum absolute atomic E-state index is 0.0801. The van der Waals surface area contributed by atoms with Crippen molar-refractivity contribution in [3.05, 3.63) is 36.0 Å². The van der Waals surface area contributed by atoms with Crippen LogP contribution in [-0.2, 0) is 13.1 Å². The van der Waals surface area contributed by atoms with E-state index in [2.05, 4.69) is 46.9 Å². The van der Waals surface area contributed by atoms with Gasteiger partial charge in [0.15, 0.2) is 0 Å². The Balaban J connectivity index is 1.64. The number of nitrogens with zero attached hydrogens (tertiary/aromatic N) is 2. The van der Waals surface area contributed by atoms with Crippen LogP contribution in [0, 0.1) is 0 Å². The van der Waals surface area contributed by atoms with Gasteiger partial charge in [-0.1, -0.05) is 18.6 Å². The fourth-order valence-corrected chi connectivity index (χ4v) is 4.61. The number of hydrogen-bond donors (Lipinski definition) is 1. The van der Waals surface area contributed by atoms with Crippen LogP contribution in [0.2, 0.25) is 0 Å². The van der Waals surface area contributed by atoms with Crippen molar-refractivity contribution in [1.29, 1.82) is 0 Å². The molecule has 118 valence electrons. The number of benzene rings is 1. The van der Waals surface area contributed by atoms with Gasteiger partial charge in [-0.05, 0) is 50.3 Å². The molecule has 2 saturated heterocycles. The van der Waals surface area contributed by atoms with E-state index in [4.69, 9.17) is 0 Å². The van der Waals surface area contributed by atoms with Gasteiger partial charge in [0.2, 0.25) is 0 Å². The van der Waals surface area contributed by atoms with Gasteiger partial charge in [-0.3, -0.25) is 4.90 Å². The lowest BCUT2D eigenvalue weighted by Gasteiger charge is -2.48. The maximum atomic E-state index is 10.1. The first-order chi connectivity index (χ1) is 10.8. The van der Waals surface area contributed by atoms with Crippen LogP contribution < -0.4 is 0 Å². The monoisotopic (exact) mass is 298 g/mol. The second-order valence-electron chi connectivity index (χ2n) is 6.99. The quantitative estimate of drug-likeness (QED) is 0.939. The Bertz CT molecular complexity index is 648. The van der Waals surface area contributed by atoms with Gasteiger partial charge in [0.05, 0.1) is 6.10 Å². The van der Waals surface area contributed by atoms with E-state index in [1.807, 2.05) is 0 Å². The molecule has 1 N–H and O–H groups in total. The SMILES string of the molecule is CCn1ccc2c(CN3[C@@H]4CCC[C@H]3CC(O)C4)cccc21. The van der Waals surface area contributed by atoms with Crippen LogP contribution in [0.3, 0.4) is 0 Å². The lowest BCUT2D eigenvalue weighted by atomic mass is 9.82. The van der Waals surface area contributed by atoms with Crippen LogP contribution in [0.1, 0.15) is 44.6 Å². The van der Waals surface area contributed by atoms with E-state index in [1.54, 1.807) is 0 Å². The Morgan fingerprint density at radius 1 is 1.14 bits per heavy atom. The normalized spacial score (nSPS) is 29.1. The summed E-state index contributed by atoms with van der Waals surface area (Å²) in [6.45, 7) is 4.25. The van der Waals surface area contributed by atoms with Crippen LogP contribution in [-0.4, -0.2) is 32.8 Å². The van der Waals surface area contributed by atoms with Gasteiger partial charge in [-0.15, -0.1) is 0 Å². The highest BCUT2D eigenvalue weighted by Gasteiger charge is 2.37. The minimum atomic E-state index is -0.0801. The molecule has 1 unspecified atom stereocenters. The molecule has 2 fully saturated rings. The Hall–Kier alpha value is -1.32. The zero-order valence-corrected chi connectivity index (χ0v) is 13.4. The highest BCUT2D eigenvalue weighted by molar-refractivity contribution is 5.83. The summed E-state index contributed by atoms with van der Waals surface area (Å²) >= 11 is 0. The summed E-state index contributed by atoms with van der Waals surface area (Å²) in [6, 6.07) is 10.1. The Kier molecular flexibility index (Phi) is 3.71. The molecule has 0 spiro atoms. The molecule has 0 amide bonds. The predicted molar refractivity (Wildman–Crippen MR) is 89.8 cm³/mol. The van der Waals surface area contributed by atoms with Gasteiger partial charge in [0.1, 0.15) is 0 Å². The molecule has 2 aromatic rings. The zero-order valence-electron chi connectivity index (χ0n) is 13.4. The van der Waals surface area contributed by atoms with E-state index >= 15 is 0 Å². The number of rotatable bonds is 3. The molecule has 0 aliphatic carbocycles. The average molecular weight is 298 g/mol. The molecule has 1 aromatic heterocycles. The molecule has 0 radical (unpaired) electrons. The molecule has 1 aromatic carbocycles. The molecular formula is C19H26N2O. The van der Waals surface area contributed by atoms with E-state index < -0.39 is 0 Å². The fraction of sp³-hybridized carbons (Fsp3) is 0.579. The van der Waals surface area contributed by atoms with Crippen molar-refractivity contribution in [3.8, 4) is 0 Å². The molecule has 0 saturated carbocycles. The van der Waals surface area contributed by atoms with Crippen LogP contribution in [0.5, 0.6) is 0 Å². The Morgan fingerprint density at radius 2 is 1.91 bits per heavy atom. The molecule has 3 nitrogen and oxygen atoms in total. The van der Waals surface area contributed by atoms with Crippen molar-refractivity contribution < 1.29 is 5.11 Å². The molecule has 4 rings (SSSR count). The molecule has 2 bridgehead atoms. The summed E-state index contributed by atoms with van der Waals surface area (Å²) in [5.41, 5.74) is 2.79. The van der Waals surface area contributed by atoms with Gasteiger partial charge in [0, 0.05) is 42.3 Å². The zero-order chi connectivity index (χ0) is 15.1. The molecule has 3 atom stereocenters. The fourth-order valence-electron chi connectivity index (χ4n) is 4.61. The lowest BCUT2D eigenvalue weighted by Crippen LogP contribution is -2.52. The smallest absolute Gasteiger partial charge is 0.0570 e. The summed E-state index contributed by atoms with van der Waals surface area (Å²) in [4.78, 5) is 2.67. The summed E-state index contributed by atoms with van der Waals surface area (Å²) in [7, 11) is 0. The highest BCUT2D eigenvalue weighted by atomic mass is 16.3. The molecule has 2 aliphatic heterocycles. The second-order valence-corrected chi connectivity index (χ2v) is 6.99. The van der Waals surface area contributed by atoms with Gasteiger partial charge in [-0.25, -0.2) is 0 Å². The number of aliphatic hydroxyl groups excluding tert-OH is 1. The van der Waals surface area contributed by atoms with Crippen LogP contribution >= 0.6 is 0 Å². The topological polar surface area (TPSA) is 28.4 Å². The molecule has 22 heavy (non-hydrogen) atoms. The third kappa shape index (κ3) is 2.37. The Morgan fingerprint density at radius 3 is 2.64 bits per heavy atom. The van der Waals surface area contributed by atoms with E-state index in [0.29, 0.717) is 12.1 Å². The Labute approximate surface area is 132 Å². The first-order valence-corrected chi connectivity index (χ1v) is 8.77. The third-order valence-corrected chi connectivity index (χ3v) is 5.70. The number of aryl methyl sites for hydroxylation is 1. The van der Waals surface area contributed by atoms with Crippen molar-refractivity contribution in [2.45, 2.75) is 70.3 Å². The molecular weight excluding hydrogens is 272 g/mol.